The monoisotopic (exact) mass is 455 g/mol. The van der Waals surface area contributed by atoms with E-state index in [1.807, 2.05) is 45.0 Å². The number of hydrogen-bond acceptors (Lipinski definition) is 2. The van der Waals surface area contributed by atoms with Gasteiger partial charge in [0.2, 0.25) is 0 Å². The van der Waals surface area contributed by atoms with Crippen LogP contribution in [0.1, 0.15) is 87.1 Å². The maximum atomic E-state index is 12.9. The lowest BCUT2D eigenvalue weighted by atomic mass is 9.86. The van der Waals surface area contributed by atoms with E-state index in [1.165, 1.54) is 22.3 Å². The lowest BCUT2D eigenvalue weighted by Crippen LogP contribution is -2.20. The summed E-state index contributed by atoms with van der Waals surface area (Å²) in [6, 6.07) is 25.9. The first kappa shape index (κ1) is 25.7. The molecule has 0 radical (unpaired) electrons. The molecule has 0 aromatic heterocycles. The summed E-state index contributed by atoms with van der Waals surface area (Å²) in [7, 11) is 0. The Labute approximate surface area is 206 Å². The number of carbonyl (C=O) groups excluding carboxylic acids is 1. The smallest absolute Gasteiger partial charge is 0.168 e. The van der Waals surface area contributed by atoms with Gasteiger partial charge in [0.1, 0.15) is 0 Å². The first-order valence-corrected chi connectivity index (χ1v) is 12.6. The molecule has 0 aliphatic heterocycles. The molecular weight excluding hydrogens is 414 g/mol. The highest BCUT2D eigenvalue weighted by Crippen LogP contribution is 2.30. The van der Waals surface area contributed by atoms with Gasteiger partial charge in [-0.1, -0.05) is 109 Å². The predicted molar refractivity (Wildman–Crippen MR) is 146 cm³/mol. The van der Waals surface area contributed by atoms with E-state index in [0.29, 0.717) is 11.8 Å². The van der Waals surface area contributed by atoms with E-state index in [4.69, 9.17) is 0 Å². The summed E-state index contributed by atoms with van der Waals surface area (Å²) in [4.78, 5) is 12.9. The second kappa shape index (κ2) is 11.0. The highest BCUT2D eigenvalue weighted by molar-refractivity contribution is 6.00. The molecule has 3 rings (SSSR count). The summed E-state index contributed by atoms with van der Waals surface area (Å²) in [5, 5.41) is 3.73. The lowest BCUT2D eigenvalue weighted by Gasteiger charge is -2.23. The van der Waals surface area contributed by atoms with Gasteiger partial charge in [-0.15, -0.1) is 0 Å². The number of rotatable bonds is 9. The molecule has 2 heteroatoms. The van der Waals surface area contributed by atoms with Crippen LogP contribution in [0.3, 0.4) is 0 Å². The molecule has 180 valence electrons. The zero-order valence-corrected chi connectivity index (χ0v) is 22.0. The molecule has 0 saturated heterocycles. The van der Waals surface area contributed by atoms with Gasteiger partial charge < -0.3 is 5.32 Å². The van der Waals surface area contributed by atoms with Crippen LogP contribution in [-0.4, -0.2) is 5.78 Å². The molecule has 0 atom stereocenters. The summed E-state index contributed by atoms with van der Waals surface area (Å²) in [6.07, 6.45) is 2.17. The van der Waals surface area contributed by atoms with Gasteiger partial charge in [0.05, 0.1) is 6.04 Å². The molecular formula is C32H41NO. The third-order valence-electron chi connectivity index (χ3n) is 6.03. The highest BCUT2D eigenvalue weighted by Gasteiger charge is 2.23. The maximum Gasteiger partial charge on any atom is 0.168 e. The first-order chi connectivity index (χ1) is 16.0. The van der Waals surface area contributed by atoms with Gasteiger partial charge >= 0.3 is 0 Å². The molecule has 0 spiro atoms. The zero-order valence-electron chi connectivity index (χ0n) is 22.0. The molecule has 0 unspecified atom stereocenters. The number of Topliss-reactive ketones (excluding diaryl/α,β-unsaturated/α-hetero) is 1. The molecule has 3 aromatic carbocycles. The van der Waals surface area contributed by atoms with Crippen LogP contribution in [-0.2, 0) is 12.8 Å². The van der Waals surface area contributed by atoms with E-state index in [2.05, 4.69) is 81.5 Å². The Morgan fingerprint density at radius 3 is 1.62 bits per heavy atom. The first-order valence-electron chi connectivity index (χ1n) is 12.6. The molecule has 34 heavy (non-hydrogen) atoms. The topological polar surface area (TPSA) is 29.1 Å². The number of benzene rings is 3. The van der Waals surface area contributed by atoms with Crippen LogP contribution in [0.25, 0.3) is 0 Å². The van der Waals surface area contributed by atoms with Crippen molar-refractivity contribution < 1.29 is 4.79 Å². The Balaban J connectivity index is 1.95. The van der Waals surface area contributed by atoms with E-state index in [9.17, 15) is 4.79 Å². The van der Waals surface area contributed by atoms with Gasteiger partial charge in [-0.05, 0) is 59.1 Å². The van der Waals surface area contributed by atoms with Crippen molar-refractivity contribution in [2.45, 2.75) is 67.3 Å². The Bertz CT molecular complexity index is 1020. The minimum atomic E-state index is -0.406. The molecule has 2 nitrogen and oxygen atoms in total. The number of ketones is 1. The molecule has 0 amide bonds. The second-order valence-corrected chi connectivity index (χ2v) is 11.4. The number of anilines is 1. The molecule has 0 bridgehead atoms. The van der Waals surface area contributed by atoms with Gasteiger partial charge in [0.25, 0.3) is 0 Å². The Morgan fingerprint density at radius 2 is 1.21 bits per heavy atom. The fraction of sp³-hybridized carbons (Fsp3) is 0.406. The Morgan fingerprint density at radius 1 is 0.735 bits per heavy atom. The van der Waals surface area contributed by atoms with Crippen molar-refractivity contribution in [1.82, 2.24) is 0 Å². The third kappa shape index (κ3) is 7.06. The van der Waals surface area contributed by atoms with Crippen LogP contribution in [0.4, 0.5) is 5.69 Å². The second-order valence-electron chi connectivity index (χ2n) is 11.4. The maximum absolute atomic E-state index is 12.9. The number of hydrogen-bond donors (Lipinski definition) is 1. The molecule has 0 aliphatic rings. The molecule has 0 fully saturated rings. The van der Waals surface area contributed by atoms with E-state index in [0.717, 1.165) is 24.1 Å². The third-order valence-corrected chi connectivity index (χ3v) is 6.03. The largest absolute Gasteiger partial charge is 0.374 e. The minimum absolute atomic E-state index is 0.00110. The van der Waals surface area contributed by atoms with Crippen molar-refractivity contribution in [3.63, 3.8) is 0 Å². The van der Waals surface area contributed by atoms with Gasteiger partial charge in [0, 0.05) is 16.7 Å². The summed E-state index contributed by atoms with van der Waals surface area (Å²) in [6.45, 7) is 14.9. The van der Waals surface area contributed by atoms with Gasteiger partial charge in [-0.3, -0.25) is 4.79 Å². The predicted octanol–water partition coefficient (Wildman–Crippen LogP) is 8.51. The van der Waals surface area contributed by atoms with Crippen LogP contribution in [0, 0.1) is 17.3 Å². The van der Waals surface area contributed by atoms with Crippen molar-refractivity contribution in [3.8, 4) is 0 Å². The van der Waals surface area contributed by atoms with Crippen LogP contribution in [0.5, 0.6) is 0 Å². The van der Waals surface area contributed by atoms with Crippen LogP contribution in [0.15, 0.2) is 72.8 Å². The van der Waals surface area contributed by atoms with Crippen molar-refractivity contribution in [2.24, 2.45) is 17.3 Å². The van der Waals surface area contributed by atoms with Crippen molar-refractivity contribution >= 4 is 11.5 Å². The van der Waals surface area contributed by atoms with Crippen molar-refractivity contribution in [3.05, 3.63) is 101 Å². The summed E-state index contributed by atoms with van der Waals surface area (Å²) in [5.41, 5.74) is 6.46. The van der Waals surface area contributed by atoms with Gasteiger partial charge in [-0.2, -0.15) is 0 Å². The summed E-state index contributed by atoms with van der Waals surface area (Å²) >= 11 is 0. The van der Waals surface area contributed by atoms with E-state index < -0.39 is 5.41 Å². The minimum Gasteiger partial charge on any atom is -0.374 e. The van der Waals surface area contributed by atoms with Crippen LogP contribution >= 0.6 is 0 Å². The van der Waals surface area contributed by atoms with Crippen LogP contribution < -0.4 is 5.32 Å². The van der Waals surface area contributed by atoms with Gasteiger partial charge in [0.15, 0.2) is 5.78 Å². The normalized spacial score (nSPS) is 11.9. The summed E-state index contributed by atoms with van der Waals surface area (Å²) in [5.74, 6) is 1.43. The standard InChI is InChI=1S/C32H41NO/c1-22(2)19-24-11-15-26(16-12-24)30(27-17-13-25(14-18-27)20-23(3)4)33-29-10-8-9-28(21-29)31(34)32(5,6)7/h8-18,21-23,30,33H,19-20H2,1-7H3. The highest BCUT2D eigenvalue weighted by atomic mass is 16.1. The molecule has 1 N–H and O–H groups in total. The summed E-state index contributed by atoms with van der Waals surface area (Å²) < 4.78 is 0. The van der Waals surface area contributed by atoms with E-state index >= 15 is 0 Å². The van der Waals surface area contributed by atoms with E-state index in [-0.39, 0.29) is 11.8 Å². The Hall–Kier alpha value is -2.87. The fourth-order valence-corrected chi connectivity index (χ4v) is 4.34. The van der Waals surface area contributed by atoms with Crippen molar-refractivity contribution in [2.75, 3.05) is 5.32 Å². The van der Waals surface area contributed by atoms with Crippen molar-refractivity contribution in [1.29, 1.82) is 0 Å². The zero-order chi connectivity index (χ0) is 24.9. The fourth-order valence-electron chi connectivity index (χ4n) is 4.34. The Kier molecular flexibility index (Phi) is 8.36. The molecule has 0 heterocycles. The average molecular weight is 456 g/mol. The van der Waals surface area contributed by atoms with Crippen LogP contribution in [0.2, 0.25) is 0 Å². The number of nitrogens with one attached hydrogen (secondary N) is 1. The molecule has 0 saturated carbocycles. The quantitative estimate of drug-likeness (QED) is 0.328. The lowest BCUT2D eigenvalue weighted by molar-refractivity contribution is 0.0858. The van der Waals surface area contributed by atoms with E-state index in [1.54, 1.807) is 0 Å². The molecule has 0 aliphatic carbocycles. The van der Waals surface area contributed by atoms with Gasteiger partial charge in [-0.25, -0.2) is 0 Å². The molecule has 3 aromatic rings. The number of carbonyl (C=O) groups is 1. The average Bonchev–Trinajstić information content (AvgIpc) is 2.77. The SMILES string of the molecule is CC(C)Cc1ccc(C(Nc2cccc(C(=O)C(C)(C)C)c2)c2ccc(CC(C)C)cc2)cc1.